The van der Waals surface area contributed by atoms with Crippen molar-refractivity contribution in [2.24, 2.45) is 0 Å². The van der Waals surface area contributed by atoms with E-state index >= 15 is 0 Å². The van der Waals surface area contributed by atoms with Crippen LogP contribution in [-0.4, -0.2) is 34.9 Å². The lowest BCUT2D eigenvalue weighted by atomic mass is 10.0. The molecule has 4 nitrogen and oxygen atoms in total. The fourth-order valence-electron chi connectivity index (χ4n) is 6.40. The molecule has 0 radical (unpaired) electrons. The summed E-state index contributed by atoms with van der Waals surface area (Å²) in [5.41, 5.74) is 0. The first-order chi connectivity index (χ1) is 25.2. The van der Waals surface area contributed by atoms with E-state index in [1.165, 1.54) is 141 Å². The molecule has 0 aromatic heterocycles. The number of aliphatic hydroxyl groups is 2. The predicted octanol–water partition coefficient (Wildman–Crippen LogP) is 13.7. The molecule has 0 saturated heterocycles. The van der Waals surface area contributed by atoms with E-state index in [1.54, 1.807) is 6.08 Å². The third-order valence-corrected chi connectivity index (χ3v) is 9.76. The van der Waals surface area contributed by atoms with Crippen LogP contribution in [0.25, 0.3) is 0 Å². The zero-order valence-corrected chi connectivity index (χ0v) is 33.9. The molecule has 0 aromatic carbocycles. The van der Waals surface area contributed by atoms with Gasteiger partial charge in [0.2, 0.25) is 5.91 Å². The molecule has 2 atom stereocenters. The van der Waals surface area contributed by atoms with Crippen LogP contribution in [0.1, 0.15) is 213 Å². The molecule has 0 aliphatic rings. The van der Waals surface area contributed by atoms with Crippen LogP contribution in [0.2, 0.25) is 0 Å². The highest BCUT2D eigenvalue weighted by molar-refractivity contribution is 5.76. The van der Waals surface area contributed by atoms with Gasteiger partial charge >= 0.3 is 0 Å². The summed E-state index contributed by atoms with van der Waals surface area (Å²) in [7, 11) is 0. The maximum atomic E-state index is 12.3. The number of nitrogens with one attached hydrogen (secondary N) is 1. The molecular weight excluding hydrogens is 627 g/mol. The number of unbranched alkanes of at least 4 members (excludes halogenated alkanes) is 24. The first-order valence-electron chi connectivity index (χ1n) is 22.0. The molecule has 0 aliphatic heterocycles. The van der Waals surface area contributed by atoms with E-state index in [2.05, 4.69) is 67.8 Å². The number of aliphatic hydroxyl groups excluding tert-OH is 2. The average molecular weight is 712 g/mol. The Hall–Kier alpha value is -1.91. The lowest BCUT2D eigenvalue weighted by Crippen LogP contribution is -2.45. The largest absolute Gasteiger partial charge is 0.394 e. The molecule has 3 N–H and O–H groups in total. The van der Waals surface area contributed by atoms with Crippen LogP contribution in [-0.2, 0) is 4.79 Å². The average Bonchev–Trinajstić information content (AvgIpc) is 3.13. The van der Waals surface area contributed by atoms with Gasteiger partial charge in [0.25, 0.3) is 0 Å². The van der Waals surface area contributed by atoms with Crippen LogP contribution in [0, 0.1) is 0 Å². The van der Waals surface area contributed by atoms with Gasteiger partial charge in [0.15, 0.2) is 0 Å². The second-order valence-corrected chi connectivity index (χ2v) is 14.7. The van der Waals surface area contributed by atoms with Crippen molar-refractivity contribution in [3.63, 3.8) is 0 Å². The van der Waals surface area contributed by atoms with E-state index in [4.69, 9.17) is 0 Å². The minimum absolute atomic E-state index is 0.0680. The summed E-state index contributed by atoms with van der Waals surface area (Å²) in [4.78, 5) is 12.3. The highest BCUT2D eigenvalue weighted by Gasteiger charge is 2.17. The monoisotopic (exact) mass is 712 g/mol. The third kappa shape index (κ3) is 39.1. The zero-order valence-electron chi connectivity index (χ0n) is 33.9. The Morgan fingerprint density at radius 3 is 1.29 bits per heavy atom. The van der Waals surface area contributed by atoms with E-state index in [9.17, 15) is 15.0 Å². The Bertz CT molecular complexity index is 858. The fourth-order valence-corrected chi connectivity index (χ4v) is 6.40. The molecular formula is C47H85NO3. The van der Waals surface area contributed by atoms with E-state index in [1.807, 2.05) is 6.08 Å². The first kappa shape index (κ1) is 49.1. The summed E-state index contributed by atoms with van der Waals surface area (Å²) in [6, 6.07) is -0.619. The molecule has 0 aliphatic carbocycles. The van der Waals surface area contributed by atoms with Crippen molar-refractivity contribution in [1.82, 2.24) is 5.32 Å². The molecule has 0 heterocycles. The highest BCUT2D eigenvalue weighted by atomic mass is 16.3. The van der Waals surface area contributed by atoms with Gasteiger partial charge < -0.3 is 15.5 Å². The zero-order chi connectivity index (χ0) is 37.1. The first-order valence-corrected chi connectivity index (χ1v) is 22.0. The van der Waals surface area contributed by atoms with Crippen LogP contribution in [0.15, 0.2) is 60.8 Å². The number of carbonyl (C=O) groups is 1. The maximum Gasteiger partial charge on any atom is 0.220 e. The van der Waals surface area contributed by atoms with Gasteiger partial charge in [-0.15, -0.1) is 0 Å². The van der Waals surface area contributed by atoms with Gasteiger partial charge in [-0.25, -0.2) is 0 Å². The second kappa shape index (κ2) is 42.5. The SMILES string of the molecule is CC/C=C\C/C=C\C/C=C\C/C=C\CCCCCCCCCCCCCCCCCCCCC(=O)NC(CO)C(O)/C=C/CCCCCCCC. The molecule has 51 heavy (non-hydrogen) atoms. The lowest BCUT2D eigenvalue weighted by Gasteiger charge is -2.20. The van der Waals surface area contributed by atoms with Crippen molar-refractivity contribution >= 4 is 5.91 Å². The topological polar surface area (TPSA) is 69.6 Å². The van der Waals surface area contributed by atoms with E-state index < -0.39 is 12.1 Å². The number of allylic oxidation sites excluding steroid dienone is 9. The van der Waals surface area contributed by atoms with Gasteiger partial charge in [-0.05, 0) is 57.8 Å². The van der Waals surface area contributed by atoms with E-state index in [0.717, 1.165) is 51.4 Å². The van der Waals surface area contributed by atoms with Gasteiger partial charge in [0.1, 0.15) is 0 Å². The molecule has 0 aromatic rings. The Kier molecular flexibility index (Phi) is 40.9. The maximum absolute atomic E-state index is 12.3. The van der Waals surface area contributed by atoms with Crippen molar-refractivity contribution in [3.05, 3.63) is 60.8 Å². The molecule has 2 unspecified atom stereocenters. The van der Waals surface area contributed by atoms with Gasteiger partial charge in [0.05, 0.1) is 18.8 Å². The number of rotatable bonds is 39. The fraction of sp³-hybridized carbons (Fsp3) is 0.766. The van der Waals surface area contributed by atoms with E-state index in [0.29, 0.717) is 6.42 Å². The third-order valence-electron chi connectivity index (χ3n) is 9.76. The van der Waals surface area contributed by atoms with Crippen molar-refractivity contribution < 1.29 is 15.0 Å². The van der Waals surface area contributed by atoms with Crippen LogP contribution in [0.3, 0.4) is 0 Å². The molecule has 0 rings (SSSR count). The van der Waals surface area contributed by atoms with Crippen LogP contribution in [0.5, 0.6) is 0 Å². The number of hydrogen-bond acceptors (Lipinski definition) is 3. The van der Waals surface area contributed by atoms with Crippen LogP contribution >= 0.6 is 0 Å². The molecule has 0 fully saturated rings. The Morgan fingerprint density at radius 2 is 0.863 bits per heavy atom. The summed E-state index contributed by atoms with van der Waals surface area (Å²) in [6.07, 6.45) is 59.2. The van der Waals surface area contributed by atoms with Crippen LogP contribution in [0.4, 0.5) is 0 Å². The predicted molar refractivity (Wildman–Crippen MR) is 225 cm³/mol. The van der Waals surface area contributed by atoms with Gasteiger partial charge in [-0.1, -0.05) is 209 Å². The summed E-state index contributed by atoms with van der Waals surface area (Å²) < 4.78 is 0. The molecule has 1 amide bonds. The molecule has 4 heteroatoms. The number of hydrogen-bond donors (Lipinski definition) is 3. The minimum Gasteiger partial charge on any atom is -0.394 e. The lowest BCUT2D eigenvalue weighted by molar-refractivity contribution is -0.123. The standard InChI is InChI=1S/C47H85NO3/c1-3-5-7-9-11-13-14-15-16-17-18-19-20-21-22-23-24-25-26-27-28-29-30-31-32-33-34-35-37-39-41-43-47(51)48-45(44-49)46(50)42-40-38-36-12-10-8-6-4-2/h5,7,11,13,15-16,18-19,40,42,45-46,49-50H,3-4,6,8-10,12,14,17,20-39,41,43-44H2,1-2H3,(H,48,51)/b7-5-,13-11-,16-15-,19-18-,42-40+. The molecule has 0 spiro atoms. The summed E-state index contributed by atoms with van der Waals surface area (Å²) in [5, 5.41) is 22.8. The summed E-state index contributed by atoms with van der Waals surface area (Å²) in [6.45, 7) is 4.15. The van der Waals surface area contributed by atoms with Crippen molar-refractivity contribution in [2.75, 3.05) is 6.61 Å². The Balaban J connectivity index is 3.44. The molecule has 296 valence electrons. The smallest absolute Gasteiger partial charge is 0.220 e. The van der Waals surface area contributed by atoms with Gasteiger partial charge in [0, 0.05) is 6.42 Å². The number of carbonyl (C=O) groups excluding carboxylic acids is 1. The normalized spacial score (nSPS) is 13.6. The molecule has 0 bridgehead atoms. The minimum atomic E-state index is -0.836. The Labute approximate surface area is 317 Å². The van der Waals surface area contributed by atoms with Crippen molar-refractivity contribution in [1.29, 1.82) is 0 Å². The van der Waals surface area contributed by atoms with E-state index in [-0.39, 0.29) is 12.5 Å². The van der Waals surface area contributed by atoms with Gasteiger partial charge in [-0.3, -0.25) is 4.79 Å². The van der Waals surface area contributed by atoms with Crippen molar-refractivity contribution in [3.8, 4) is 0 Å². The van der Waals surface area contributed by atoms with Gasteiger partial charge in [-0.2, -0.15) is 0 Å². The quantitative estimate of drug-likeness (QED) is 0.0439. The van der Waals surface area contributed by atoms with Crippen LogP contribution < -0.4 is 5.32 Å². The summed E-state index contributed by atoms with van der Waals surface area (Å²) in [5.74, 6) is -0.0680. The summed E-state index contributed by atoms with van der Waals surface area (Å²) >= 11 is 0. The number of amides is 1. The molecule has 0 saturated carbocycles. The second-order valence-electron chi connectivity index (χ2n) is 14.7. The Morgan fingerprint density at radius 1 is 0.490 bits per heavy atom. The van der Waals surface area contributed by atoms with Crippen molar-refractivity contribution in [2.45, 2.75) is 225 Å². The highest BCUT2D eigenvalue weighted by Crippen LogP contribution is 2.15.